The highest BCUT2D eigenvalue weighted by atomic mass is 35.5. The molecule has 0 fully saturated rings. The predicted molar refractivity (Wildman–Crippen MR) is 120 cm³/mol. The van der Waals surface area contributed by atoms with Crippen molar-refractivity contribution >= 4 is 44.5 Å². The summed E-state index contributed by atoms with van der Waals surface area (Å²) in [6.07, 6.45) is 1.21. The Labute approximate surface area is 180 Å². The van der Waals surface area contributed by atoms with Gasteiger partial charge in [-0.15, -0.1) is 0 Å². The van der Waals surface area contributed by atoms with Crippen LogP contribution in [0.1, 0.15) is 22.3 Å². The fraction of sp³-hybridized carbons (Fsp3) is 0.143. The first-order valence-electron chi connectivity index (χ1n) is 9.01. The van der Waals surface area contributed by atoms with E-state index in [1.165, 1.54) is 17.6 Å². The van der Waals surface area contributed by atoms with E-state index in [9.17, 15) is 14.7 Å². The van der Waals surface area contributed by atoms with Gasteiger partial charge in [-0.3, -0.25) is 9.78 Å². The number of aryl methyl sites for hydroxylation is 3. The summed E-state index contributed by atoms with van der Waals surface area (Å²) in [6.45, 7) is 5.63. The lowest BCUT2D eigenvalue weighted by atomic mass is 10.0. The summed E-state index contributed by atoms with van der Waals surface area (Å²) in [5.74, 6) is -0.480. The molecule has 152 valence electrons. The highest BCUT2D eigenvalue weighted by Gasteiger charge is 2.17. The number of fused-ring (bicyclic) bond motifs is 1. The summed E-state index contributed by atoms with van der Waals surface area (Å²) in [6, 6.07) is 9.09. The zero-order chi connectivity index (χ0) is 21.6. The van der Waals surface area contributed by atoms with Crippen molar-refractivity contribution in [2.24, 2.45) is 4.99 Å². The van der Waals surface area contributed by atoms with E-state index in [2.05, 4.69) is 15.0 Å². The standard InChI is InChI=1S/C21H17ClN4O3S/c1-10-6-11(2)17(12(3)7-10)26-19(28)14(18(27)25-21(26)29)9-23-20-24-15-5-4-13(22)8-16(15)30-20/h4-9,28H,1-3H3,(H,25,27,29). The minimum absolute atomic E-state index is 0.133. The van der Waals surface area contributed by atoms with Crippen LogP contribution in [0.25, 0.3) is 15.9 Å². The Morgan fingerprint density at radius 1 is 1.17 bits per heavy atom. The number of benzene rings is 2. The van der Waals surface area contributed by atoms with Crippen LogP contribution >= 0.6 is 22.9 Å². The number of rotatable bonds is 3. The van der Waals surface area contributed by atoms with Gasteiger partial charge in [-0.2, -0.15) is 0 Å². The van der Waals surface area contributed by atoms with Crippen LogP contribution in [-0.4, -0.2) is 25.9 Å². The summed E-state index contributed by atoms with van der Waals surface area (Å²) >= 11 is 7.29. The smallest absolute Gasteiger partial charge is 0.335 e. The van der Waals surface area contributed by atoms with Crippen LogP contribution in [0.15, 0.2) is 44.9 Å². The average Bonchev–Trinajstić information content (AvgIpc) is 3.05. The molecular weight excluding hydrogens is 424 g/mol. The fourth-order valence-electron chi connectivity index (χ4n) is 3.45. The molecule has 2 heterocycles. The van der Waals surface area contributed by atoms with E-state index in [1.807, 2.05) is 32.9 Å². The Bertz CT molecular complexity index is 1430. The van der Waals surface area contributed by atoms with Crippen molar-refractivity contribution in [1.82, 2.24) is 14.5 Å². The van der Waals surface area contributed by atoms with E-state index >= 15 is 0 Å². The monoisotopic (exact) mass is 440 g/mol. The van der Waals surface area contributed by atoms with E-state index in [1.54, 1.807) is 18.2 Å². The van der Waals surface area contributed by atoms with Gasteiger partial charge in [-0.1, -0.05) is 40.6 Å². The zero-order valence-corrected chi connectivity index (χ0v) is 17.9. The number of aliphatic imine (C=N–C) groups is 1. The van der Waals surface area contributed by atoms with Gasteiger partial charge in [0, 0.05) is 11.2 Å². The normalized spacial score (nSPS) is 11.6. The number of halogens is 1. The first kappa shape index (κ1) is 20.1. The maximum absolute atomic E-state index is 12.5. The third kappa shape index (κ3) is 3.55. The molecule has 4 rings (SSSR count). The molecule has 0 spiro atoms. The number of H-pyrrole nitrogens is 1. The number of aromatic amines is 1. The van der Waals surface area contributed by atoms with Crippen molar-refractivity contribution in [3.63, 3.8) is 0 Å². The molecule has 0 amide bonds. The molecule has 9 heteroatoms. The van der Waals surface area contributed by atoms with Crippen molar-refractivity contribution in [1.29, 1.82) is 0 Å². The van der Waals surface area contributed by atoms with Gasteiger partial charge in [0.15, 0.2) is 0 Å². The number of hydrogen-bond donors (Lipinski definition) is 2. The van der Waals surface area contributed by atoms with E-state index in [4.69, 9.17) is 11.6 Å². The summed E-state index contributed by atoms with van der Waals surface area (Å²) in [7, 11) is 0. The number of aromatic nitrogens is 3. The topological polar surface area (TPSA) is 100 Å². The Kier molecular flexibility index (Phi) is 5.05. The predicted octanol–water partition coefficient (Wildman–Crippen LogP) is 4.17. The van der Waals surface area contributed by atoms with Crippen molar-refractivity contribution < 1.29 is 5.11 Å². The lowest BCUT2D eigenvalue weighted by Gasteiger charge is -2.15. The molecule has 0 aliphatic carbocycles. The molecule has 0 saturated carbocycles. The second-order valence-corrected chi connectivity index (χ2v) is 8.39. The average molecular weight is 441 g/mol. The molecule has 0 aliphatic heterocycles. The van der Waals surface area contributed by atoms with Crippen molar-refractivity contribution in [3.05, 3.63) is 78.4 Å². The number of aromatic hydroxyl groups is 1. The summed E-state index contributed by atoms with van der Waals surface area (Å²) in [4.78, 5) is 35.7. The van der Waals surface area contributed by atoms with Crippen LogP contribution in [0.4, 0.5) is 5.13 Å². The van der Waals surface area contributed by atoms with Gasteiger partial charge < -0.3 is 5.11 Å². The lowest BCUT2D eigenvalue weighted by molar-refractivity contribution is 0.429. The third-order valence-corrected chi connectivity index (χ3v) is 5.78. The molecule has 2 aromatic heterocycles. The van der Waals surface area contributed by atoms with E-state index < -0.39 is 17.1 Å². The summed E-state index contributed by atoms with van der Waals surface area (Å²) < 4.78 is 1.94. The van der Waals surface area contributed by atoms with Gasteiger partial charge in [0.25, 0.3) is 5.56 Å². The molecule has 2 N–H and O–H groups in total. The van der Waals surface area contributed by atoms with E-state index in [-0.39, 0.29) is 5.56 Å². The molecule has 7 nitrogen and oxygen atoms in total. The number of nitrogens with zero attached hydrogens (tertiary/aromatic N) is 3. The number of thiazole rings is 1. The molecule has 30 heavy (non-hydrogen) atoms. The lowest BCUT2D eigenvalue weighted by Crippen LogP contribution is -2.32. The Morgan fingerprint density at radius 3 is 2.57 bits per heavy atom. The van der Waals surface area contributed by atoms with E-state index in [0.717, 1.165) is 31.5 Å². The van der Waals surface area contributed by atoms with Crippen LogP contribution in [-0.2, 0) is 0 Å². The summed E-state index contributed by atoms with van der Waals surface area (Å²) in [5.41, 5.74) is 2.28. The Morgan fingerprint density at radius 2 is 1.87 bits per heavy atom. The van der Waals surface area contributed by atoms with Gasteiger partial charge in [-0.05, 0) is 50.1 Å². The first-order valence-corrected chi connectivity index (χ1v) is 10.2. The van der Waals surface area contributed by atoms with Gasteiger partial charge >= 0.3 is 5.69 Å². The fourth-order valence-corrected chi connectivity index (χ4v) is 4.54. The maximum atomic E-state index is 12.5. The maximum Gasteiger partial charge on any atom is 0.335 e. The molecule has 2 aromatic carbocycles. The van der Waals surface area contributed by atoms with Crippen LogP contribution in [0.3, 0.4) is 0 Å². The molecule has 4 aromatic rings. The van der Waals surface area contributed by atoms with Crippen molar-refractivity contribution in [3.8, 4) is 11.6 Å². The molecule has 0 bridgehead atoms. The zero-order valence-electron chi connectivity index (χ0n) is 16.4. The van der Waals surface area contributed by atoms with Crippen LogP contribution in [0.2, 0.25) is 5.02 Å². The van der Waals surface area contributed by atoms with Crippen molar-refractivity contribution in [2.45, 2.75) is 20.8 Å². The van der Waals surface area contributed by atoms with Gasteiger partial charge in [0.2, 0.25) is 11.0 Å². The molecule has 0 atom stereocenters. The van der Waals surface area contributed by atoms with Crippen LogP contribution in [0.5, 0.6) is 5.88 Å². The third-order valence-electron chi connectivity index (χ3n) is 4.62. The minimum atomic E-state index is -0.732. The summed E-state index contributed by atoms with van der Waals surface area (Å²) in [5, 5.41) is 11.8. The molecule has 0 unspecified atom stereocenters. The molecule has 0 saturated heterocycles. The van der Waals surface area contributed by atoms with Gasteiger partial charge in [-0.25, -0.2) is 19.3 Å². The number of hydrogen-bond acceptors (Lipinski definition) is 6. The van der Waals surface area contributed by atoms with Crippen LogP contribution < -0.4 is 11.2 Å². The first-order chi connectivity index (χ1) is 14.2. The SMILES string of the molecule is Cc1cc(C)c(-n2c(O)c(C=Nc3nc4ccc(Cl)cc4s3)c(=O)[nH]c2=O)c(C)c1. The van der Waals surface area contributed by atoms with Gasteiger partial charge in [0.1, 0.15) is 5.56 Å². The quantitative estimate of drug-likeness (QED) is 0.467. The Balaban J connectivity index is 1.85. The molecule has 0 aliphatic rings. The van der Waals surface area contributed by atoms with Gasteiger partial charge in [0.05, 0.1) is 15.9 Å². The second kappa shape index (κ2) is 7.55. The van der Waals surface area contributed by atoms with Crippen molar-refractivity contribution in [2.75, 3.05) is 0 Å². The second-order valence-electron chi connectivity index (χ2n) is 6.95. The largest absolute Gasteiger partial charge is 0.493 e. The minimum Gasteiger partial charge on any atom is -0.493 e. The highest BCUT2D eigenvalue weighted by molar-refractivity contribution is 7.22. The molecule has 0 radical (unpaired) electrons. The molecular formula is C21H17ClN4O3S. The Hall–Kier alpha value is -3.23. The highest BCUT2D eigenvalue weighted by Crippen LogP contribution is 2.30. The van der Waals surface area contributed by atoms with E-state index in [0.29, 0.717) is 15.8 Å². The number of nitrogens with one attached hydrogen (secondary N) is 1. The van der Waals surface area contributed by atoms with Crippen LogP contribution in [0, 0.1) is 20.8 Å².